The molecule has 0 aromatic heterocycles. The van der Waals surface area contributed by atoms with Crippen molar-refractivity contribution in [3.63, 3.8) is 0 Å². The molecular weight excluding hydrogens is 245 g/mol. The van der Waals surface area contributed by atoms with Gasteiger partial charge < -0.3 is 15.2 Å². The third kappa shape index (κ3) is 14.3. The number of aliphatic carboxylic acids is 1. The van der Waals surface area contributed by atoms with Gasteiger partial charge in [0, 0.05) is 0 Å². The summed E-state index contributed by atoms with van der Waals surface area (Å²) < 4.78 is 0. The van der Waals surface area contributed by atoms with Crippen LogP contribution in [0.3, 0.4) is 0 Å². The first-order valence-electron chi connectivity index (χ1n) is 5.66. The fourth-order valence-electron chi connectivity index (χ4n) is 1.22. The molecule has 0 spiro atoms. The minimum atomic E-state index is -0.924. The summed E-state index contributed by atoms with van der Waals surface area (Å²) in [6.45, 7) is 3.73. The average molecular weight is 265 g/mol. The molecule has 0 bridgehead atoms. The second-order valence-electron chi connectivity index (χ2n) is 3.77. The Hall–Kier alpha value is 0.316. The van der Waals surface area contributed by atoms with Crippen LogP contribution in [0.5, 0.6) is 0 Å². The zero-order valence-corrected chi connectivity index (χ0v) is 14.1. The predicted molar refractivity (Wildman–Crippen MR) is 62.4 cm³/mol. The summed E-state index contributed by atoms with van der Waals surface area (Å²) >= 11 is 0. The zero-order chi connectivity index (χ0) is 12.4. The van der Waals surface area contributed by atoms with Crippen LogP contribution in [0.1, 0.15) is 46.0 Å². The molecule has 0 aromatic carbocycles. The van der Waals surface area contributed by atoms with E-state index in [1.807, 2.05) is 12.2 Å². The van der Waals surface area contributed by atoms with E-state index in [1.54, 1.807) is 6.92 Å². The first-order chi connectivity index (χ1) is 7.56. The Morgan fingerprint density at radius 1 is 1.41 bits per heavy atom. The van der Waals surface area contributed by atoms with Crippen LogP contribution in [0.2, 0.25) is 0 Å². The van der Waals surface area contributed by atoms with Crippen molar-refractivity contribution in [1.29, 1.82) is 0 Å². The average Bonchev–Trinajstić information content (AvgIpc) is 2.15. The van der Waals surface area contributed by atoms with Gasteiger partial charge in [-0.05, 0) is 32.1 Å². The minimum absolute atomic E-state index is 0. The second kappa shape index (κ2) is 12.8. The fourth-order valence-corrected chi connectivity index (χ4v) is 1.22. The van der Waals surface area contributed by atoms with Crippen molar-refractivity contribution >= 4 is 11.9 Å². The summed E-state index contributed by atoms with van der Waals surface area (Å²) in [5.41, 5.74) is 0. The van der Waals surface area contributed by atoms with Gasteiger partial charge in [0.05, 0.1) is 12.5 Å². The molecule has 0 aliphatic heterocycles. The molecule has 0 fully saturated rings. The number of rotatable bonds is 8. The Kier molecular flexibility index (Phi) is 14.8. The molecule has 17 heavy (non-hydrogen) atoms. The van der Waals surface area contributed by atoms with Crippen LogP contribution >= 0.6 is 0 Å². The van der Waals surface area contributed by atoms with Gasteiger partial charge in [-0.2, -0.15) is 0 Å². The van der Waals surface area contributed by atoms with E-state index in [0.29, 0.717) is 12.8 Å². The van der Waals surface area contributed by atoms with Crippen LogP contribution in [-0.4, -0.2) is 23.0 Å². The normalized spacial score (nSPS) is 13.4. The SMILES string of the molecule is CCC/C=C/CCC([O-])=NC(C)CC(=O)O.[K+]. The number of carboxylic acid groups (broad SMARTS) is 1. The van der Waals surface area contributed by atoms with E-state index in [-0.39, 0.29) is 63.7 Å². The molecule has 0 amide bonds. The van der Waals surface area contributed by atoms with Crippen molar-refractivity contribution in [1.82, 2.24) is 0 Å². The molecule has 0 heterocycles. The minimum Gasteiger partial charge on any atom is -0.862 e. The van der Waals surface area contributed by atoms with E-state index in [0.717, 1.165) is 12.8 Å². The second-order valence-corrected chi connectivity index (χ2v) is 3.77. The van der Waals surface area contributed by atoms with Crippen molar-refractivity contribution in [3.8, 4) is 0 Å². The molecule has 0 aliphatic rings. The summed E-state index contributed by atoms with van der Waals surface area (Å²) in [6, 6.07) is -0.426. The van der Waals surface area contributed by atoms with Crippen LogP contribution in [0, 0.1) is 0 Å². The molecule has 1 atom stereocenters. The molecule has 0 radical (unpaired) electrons. The number of hydrogen-bond donors (Lipinski definition) is 1. The summed E-state index contributed by atoms with van der Waals surface area (Å²) in [4.78, 5) is 14.1. The molecule has 1 unspecified atom stereocenters. The Bertz CT molecular complexity index is 264. The van der Waals surface area contributed by atoms with Gasteiger partial charge in [-0.15, -0.1) is 0 Å². The van der Waals surface area contributed by atoms with Crippen LogP contribution < -0.4 is 56.5 Å². The van der Waals surface area contributed by atoms with Gasteiger partial charge in [-0.3, -0.25) is 4.79 Å². The third-order valence-electron chi connectivity index (χ3n) is 1.98. The van der Waals surface area contributed by atoms with E-state index < -0.39 is 12.0 Å². The number of carbonyl (C=O) groups is 1. The van der Waals surface area contributed by atoms with Crippen LogP contribution in [0.15, 0.2) is 17.1 Å². The number of hydrogen-bond acceptors (Lipinski definition) is 3. The summed E-state index contributed by atoms with van der Waals surface area (Å²) in [5.74, 6) is -1.14. The number of allylic oxidation sites excluding steroid dienone is 2. The molecule has 92 valence electrons. The van der Waals surface area contributed by atoms with E-state index in [1.165, 1.54) is 0 Å². The third-order valence-corrected chi connectivity index (χ3v) is 1.98. The quantitative estimate of drug-likeness (QED) is 0.258. The van der Waals surface area contributed by atoms with Gasteiger partial charge in [-0.25, -0.2) is 0 Å². The molecule has 4 nitrogen and oxygen atoms in total. The van der Waals surface area contributed by atoms with Crippen LogP contribution in [-0.2, 0) is 4.79 Å². The Labute approximate surface area is 146 Å². The fraction of sp³-hybridized carbons (Fsp3) is 0.667. The summed E-state index contributed by atoms with van der Waals surface area (Å²) in [6.07, 6.45) is 7.11. The van der Waals surface area contributed by atoms with Crippen LogP contribution in [0.25, 0.3) is 0 Å². The van der Waals surface area contributed by atoms with Crippen molar-refractivity contribution < 1.29 is 66.4 Å². The Morgan fingerprint density at radius 3 is 2.53 bits per heavy atom. The smallest absolute Gasteiger partial charge is 0.862 e. The number of unbranched alkanes of at least 4 members (excludes halogenated alkanes) is 1. The maximum Gasteiger partial charge on any atom is 1.00 e. The van der Waals surface area contributed by atoms with E-state index in [9.17, 15) is 9.90 Å². The largest absolute Gasteiger partial charge is 1.00 e. The van der Waals surface area contributed by atoms with Crippen molar-refractivity contribution in [2.75, 3.05) is 0 Å². The predicted octanol–water partition coefficient (Wildman–Crippen LogP) is -1.25. The monoisotopic (exact) mass is 265 g/mol. The summed E-state index contributed by atoms with van der Waals surface area (Å²) in [5, 5.41) is 19.8. The zero-order valence-electron chi connectivity index (χ0n) is 11.0. The molecular formula is C12H20KNO3. The molecule has 0 aliphatic carbocycles. The van der Waals surface area contributed by atoms with Gasteiger partial charge in [0.1, 0.15) is 0 Å². The molecule has 5 heteroatoms. The Morgan fingerprint density at radius 2 is 2.00 bits per heavy atom. The maximum atomic E-state index is 11.3. The van der Waals surface area contributed by atoms with Gasteiger partial charge in [0.15, 0.2) is 0 Å². The standard InChI is InChI=1S/C12H21NO3.K/c1-3-4-5-6-7-8-11(14)13-10(2)9-12(15)16;/h5-6,10H,3-4,7-9H2,1-2H3,(H,13,14)(H,15,16);/q;+1/p-1/b6-5+;. The Balaban J connectivity index is 0. The molecule has 0 saturated heterocycles. The summed E-state index contributed by atoms with van der Waals surface area (Å²) in [7, 11) is 0. The first kappa shape index (κ1) is 19.7. The van der Waals surface area contributed by atoms with E-state index in [4.69, 9.17) is 5.11 Å². The molecule has 1 N–H and O–H groups in total. The number of nitrogens with zero attached hydrogens (tertiary/aromatic N) is 1. The topological polar surface area (TPSA) is 72.7 Å². The molecule has 0 aromatic rings. The van der Waals surface area contributed by atoms with Gasteiger partial charge in [0.25, 0.3) is 0 Å². The van der Waals surface area contributed by atoms with Crippen LogP contribution in [0.4, 0.5) is 0 Å². The van der Waals surface area contributed by atoms with Gasteiger partial charge in [-0.1, -0.05) is 25.5 Å². The van der Waals surface area contributed by atoms with Gasteiger partial charge >= 0.3 is 57.4 Å². The van der Waals surface area contributed by atoms with E-state index >= 15 is 0 Å². The first-order valence-corrected chi connectivity index (χ1v) is 5.66. The van der Waals surface area contributed by atoms with Crippen molar-refractivity contribution in [2.24, 2.45) is 4.99 Å². The van der Waals surface area contributed by atoms with Crippen molar-refractivity contribution in [2.45, 2.75) is 52.0 Å². The number of aliphatic imine (C=N–C) groups is 1. The molecule has 0 rings (SSSR count). The van der Waals surface area contributed by atoms with Gasteiger partial charge in [0.2, 0.25) is 0 Å². The van der Waals surface area contributed by atoms with Crippen molar-refractivity contribution in [3.05, 3.63) is 12.2 Å². The molecule has 0 saturated carbocycles. The van der Waals surface area contributed by atoms with E-state index in [2.05, 4.69) is 11.9 Å². The number of carboxylic acids is 1. The maximum absolute atomic E-state index is 11.3.